The SMILES string of the molecule is CS(=O)(=O)N1CCN(C(=O)NCc2cncc(N3CCCC3=O)c2)C1=O. The molecule has 5 amide bonds. The number of hydrogen-bond acceptors (Lipinski definition) is 6. The van der Waals surface area contributed by atoms with Crippen LogP contribution in [-0.4, -0.2) is 66.5 Å². The zero-order valence-corrected chi connectivity index (χ0v) is 15.0. The summed E-state index contributed by atoms with van der Waals surface area (Å²) >= 11 is 0. The number of anilines is 1. The van der Waals surface area contributed by atoms with E-state index < -0.39 is 22.1 Å². The summed E-state index contributed by atoms with van der Waals surface area (Å²) < 4.78 is 23.6. The molecule has 10 nitrogen and oxygen atoms in total. The standard InChI is InChI=1S/C15H19N5O5S/c1-26(24,25)20-6-5-19(15(20)23)14(22)17-9-11-7-12(10-16-8-11)18-4-2-3-13(18)21/h7-8,10H,2-6,9H2,1H3,(H,17,22). The lowest BCUT2D eigenvalue weighted by molar-refractivity contribution is -0.117. The molecule has 0 aliphatic carbocycles. The van der Waals surface area contributed by atoms with Gasteiger partial charge in [-0.3, -0.25) is 9.78 Å². The minimum atomic E-state index is -3.69. The number of carbonyl (C=O) groups excluding carboxylic acids is 3. The van der Waals surface area contributed by atoms with Crippen molar-refractivity contribution in [2.24, 2.45) is 0 Å². The fourth-order valence-electron chi connectivity index (χ4n) is 2.93. The lowest BCUT2D eigenvalue weighted by Gasteiger charge is -2.18. The van der Waals surface area contributed by atoms with Gasteiger partial charge in [0.25, 0.3) is 0 Å². The molecule has 26 heavy (non-hydrogen) atoms. The first kappa shape index (κ1) is 18.1. The topological polar surface area (TPSA) is 120 Å². The molecule has 140 valence electrons. The van der Waals surface area contributed by atoms with Gasteiger partial charge in [-0.15, -0.1) is 0 Å². The summed E-state index contributed by atoms with van der Waals surface area (Å²) in [6.07, 6.45) is 5.37. The second-order valence-electron chi connectivity index (χ2n) is 6.13. The van der Waals surface area contributed by atoms with Gasteiger partial charge in [0.2, 0.25) is 15.9 Å². The van der Waals surface area contributed by atoms with Crippen molar-refractivity contribution in [3.05, 3.63) is 24.0 Å². The molecule has 3 heterocycles. The number of nitrogens with zero attached hydrogens (tertiary/aromatic N) is 4. The van der Waals surface area contributed by atoms with Crippen LogP contribution in [0.3, 0.4) is 0 Å². The van der Waals surface area contributed by atoms with Crippen LogP contribution in [-0.2, 0) is 21.4 Å². The summed E-state index contributed by atoms with van der Waals surface area (Å²) in [6.45, 7) is 0.682. The summed E-state index contributed by atoms with van der Waals surface area (Å²) in [5.74, 6) is 0.0384. The van der Waals surface area contributed by atoms with Crippen molar-refractivity contribution in [2.75, 3.05) is 30.8 Å². The maximum atomic E-state index is 12.2. The molecule has 2 fully saturated rings. The zero-order chi connectivity index (χ0) is 18.9. The Kier molecular flexibility index (Phi) is 4.81. The summed E-state index contributed by atoms with van der Waals surface area (Å²) in [7, 11) is -3.69. The number of aromatic nitrogens is 1. The van der Waals surface area contributed by atoms with Crippen LogP contribution < -0.4 is 10.2 Å². The molecule has 2 saturated heterocycles. The predicted octanol–water partition coefficient (Wildman–Crippen LogP) is 0.115. The second kappa shape index (κ2) is 6.90. The van der Waals surface area contributed by atoms with Crippen molar-refractivity contribution < 1.29 is 22.8 Å². The first-order valence-corrected chi connectivity index (χ1v) is 9.93. The van der Waals surface area contributed by atoms with E-state index in [-0.39, 0.29) is 25.5 Å². The fourth-order valence-corrected chi connectivity index (χ4v) is 3.72. The van der Waals surface area contributed by atoms with Crippen molar-refractivity contribution in [1.82, 2.24) is 19.5 Å². The monoisotopic (exact) mass is 381 g/mol. The van der Waals surface area contributed by atoms with Crippen LogP contribution in [0.1, 0.15) is 18.4 Å². The maximum Gasteiger partial charge on any atom is 0.341 e. The lowest BCUT2D eigenvalue weighted by Crippen LogP contribution is -2.43. The molecule has 0 atom stereocenters. The molecule has 0 bridgehead atoms. The normalized spacial score (nSPS) is 18.0. The predicted molar refractivity (Wildman–Crippen MR) is 91.7 cm³/mol. The van der Waals surface area contributed by atoms with Crippen LogP contribution in [0.25, 0.3) is 0 Å². The number of rotatable bonds is 4. The third-order valence-electron chi connectivity index (χ3n) is 4.23. The van der Waals surface area contributed by atoms with Gasteiger partial charge in [0, 0.05) is 25.7 Å². The van der Waals surface area contributed by atoms with Gasteiger partial charge in [-0.05, 0) is 18.1 Å². The minimum Gasteiger partial charge on any atom is -0.333 e. The van der Waals surface area contributed by atoms with E-state index in [1.165, 1.54) is 0 Å². The van der Waals surface area contributed by atoms with Gasteiger partial charge >= 0.3 is 12.1 Å². The summed E-state index contributed by atoms with van der Waals surface area (Å²) in [4.78, 5) is 42.6. The van der Waals surface area contributed by atoms with Crippen LogP contribution in [0.4, 0.5) is 15.3 Å². The molecule has 0 saturated carbocycles. The van der Waals surface area contributed by atoms with Gasteiger partial charge in [-0.1, -0.05) is 0 Å². The van der Waals surface area contributed by atoms with Gasteiger partial charge in [0.05, 0.1) is 31.2 Å². The number of urea groups is 2. The largest absolute Gasteiger partial charge is 0.341 e. The minimum absolute atomic E-state index is 0.00168. The van der Waals surface area contributed by atoms with Crippen LogP contribution in [0.2, 0.25) is 0 Å². The van der Waals surface area contributed by atoms with Crippen LogP contribution in [0, 0.1) is 0 Å². The Morgan fingerprint density at radius 1 is 1.23 bits per heavy atom. The molecular formula is C15H19N5O5S. The summed E-state index contributed by atoms with van der Waals surface area (Å²) in [6, 6.07) is 0.216. The van der Waals surface area contributed by atoms with E-state index in [0.717, 1.165) is 17.6 Å². The highest BCUT2D eigenvalue weighted by Gasteiger charge is 2.38. The van der Waals surface area contributed by atoms with Crippen LogP contribution >= 0.6 is 0 Å². The number of nitrogens with one attached hydrogen (secondary N) is 1. The highest BCUT2D eigenvalue weighted by atomic mass is 32.2. The third kappa shape index (κ3) is 3.62. The second-order valence-corrected chi connectivity index (χ2v) is 8.04. The maximum absolute atomic E-state index is 12.2. The number of amides is 5. The number of sulfonamides is 1. The Balaban J connectivity index is 1.62. The zero-order valence-electron chi connectivity index (χ0n) is 14.2. The van der Waals surface area contributed by atoms with Crippen LogP contribution in [0.15, 0.2) is 18.5 Å². The molecule has 0 spiro atoms. The number of hydrogen-bond donors (Lipinski definition) is 1. The highest BCUT2D eigenvalue weighted by molar-refractivity contribution is 7.88. The van der Waals surface area contributed by atoms with Crippen molar-refractivity contribution in [1.29, 1.82) is 0 Å². The van der Waals surface area contributed by atoms with E-state index in [0.29, 0.717) is 28.5 Å². The number of carbonyl (C=O) groups is 3. The molecular weight excluding hydrogens is 362 g/mol. The Hall–Kier alpha value is -2.69. The summed E-state index contributed by atoms with van der Waals surface area (Å²) in [5.41, 5.74) is 1.34. The van der Waals surface area contributed by atoms with Crippen LogP contribution in [0.5, 0.6) is 0 Å². The van der Waals surface area contributed by atoms with Gasteiger partial charge in [-0.2, -0.15) is 0 Å². The van der Waals surface area contributed by atoms with Crippen molar-refractivity contribution in [3.8, 4) is 0 Å². The van der Waals surface area contributed by atoms with E-state index in [2.05, 4.69) is 10.3 Å². The fraction of sp³-hybridized carbons (Fsp3) is 0.467. The molecule has 0 unspecified atom stereocenters. The Morgan fingerprint density at radius 2 is 2.00 bits per heavy atom. The van der Waals surface area contributed by atoms with E-state index in [4.69, 9.17) is 0 Å². The molecule has 2 aliphatic rings. The smallest absolute Gasteiger partial charge is 0.333 e. The first-order valence-electron chi connectivity index (χ1n) is 8.09. The average molecular weight is 381 g/mol. The third-order valence-corrected chi connectivity index (χ3v) is 5.37. The van der Waals surface area contributed by atoms with Gasteiger partial charge < -0.3 is 10.2 Å². The van der Waals surface area contributed by atoms with Gasteiger partial charge in [0.15, 0.2) is 0 Å². The van der Waals surface area contributed by atoms with E-state index in [9.17, 15) is 22.8 Å². The molecule has 3 rings (SSSR count). The molecule has 0 radical (unpaired) electrons. The summed E-state index contributed by atoms with van der Waals surface area (Å²) in [5, 5.41) is 2.57. The quantitative estimate of drug-likeness (QED) is 0.791. The van der Waals surface area contributed by atoms with Gasteiger partial charge in [-0.25, -0.2) is 27.2 Å². The van der Waals surface area contributed by atoms with E-state index in [1.54, 1.807) is 23.4 Å². The van der Waals surface area contributed by atoms with Crippen molar-refractivity contribution in [2.45, 2.75) is 19.4 Å². The van der Waals surface area contributed by atoms with Crippen molar-refractivity contribution >= 4 is 33.7 Å². The van der Waals surface area contributed by atoms with Gasteiger partial charge in [0.1, 0.15) is 0 Å². The molecule has 1 aromatic rings. The average Bonchev–Trinajstić information content (AvgIpc) is 3.18. The van der Waals surface area contributed by atoms with Crippen molar-refractivity contribution in [3.63, 3.8) is 0 Å². The Morgan fingerprint density at radius 3 is 2.62 bits per heavy atom. The highest BCUT2D eigenvalue weighted by Crippen LogP contribution is 2.21. The molecule has 2 aliphatic heterocycles. The molecule has 1 N–H and O–H groups in total. The van der Waals surface area contributed by atoms with E-state index in [1.807, 2.05) is 0 Å². The Labute approximate surface area is 150 Å². The molecule has 1 aromatic heterocycles. The van der Waals surface area contributed by atoms with E-state index >= 15 is 0 Å². The first-order chi connectivity index (χ1) is 12.3. The Bertz CT molecular complexity index is 856. The number of pyridine rings is 1. The molecule has 11 heteroatoms. The molecule has 0 aromatic carbocycles. The lowest BCUT2D eigenvalue weighted by atomic mass is 10.2. The number of imide groups is 1.